The van der Waals surface area contributed by atoms with E-state index in [1.807, 2.05) is 13.0 Å². The van der Waals surface area contributed by atoms with Gasteiger partial charge in [-0.3, -0.25) is 9.89 Å². The van der Waals surface area contributed by atoms with E-state index in [0.717, 1.165) is 25.0 Å². The van der Waals surface area contributed by atoms with Gasteiger partial charge in [0, 0.05) is 11.8 Å². The molecule has 0 spiro atoms. The molecule has 0 aromatic carbocycles. The quantitative estimate of drug-likeness (QED) is 0.723. The van der Waals surface area contributed by atoms with E-state index >= 15 is 0 Å². The molecular weight excluding hydrogens is 276 g/mol. The molecule has 6 heteroatoms. The van der Waals surface area contributed by atoms with E-state index in [9.17, 15) is 4.79 Å². The Labute approximate surface area is 127 Å². The number of nitrogens with two attached hydrogens (primary N) is 1. The number of H-pyrrole nitrogens is 1. The van der Waals surface area contributed by atoms with Crippen molar-refractivity contribution in [2.24, 2.45) is 5.73 Å². The number of halogens is 1. The molecule has 1 heterocycles. The predicted molar refractivity (Wildman–Crippen MR) is 85.3 cm³/mol. The molecular formula is C14H27ClN4O. The summed E-state index contributed by atoms with van der Waals surface area (Å²) >= 11 is 0. The van der Waals surface area contributed by atoms with Crippen LogP contribution in [0.3, 0.4) is 0 Å². The number of amides is 1. The van der Waals surface area contributed by atoms with Gasteiger partial charge in [-0.15, -0.1) is 12.4 Å². The summed E-state index contributed by atoms with van der Waals surface area (Å²) in [7, 11) is 0. The highest BCUT2D eigenvalue weighted by Gasteiger charge is 2.27. The van der Waals surface area contributed by atoms with Gasteiger partial charge < -0.3 is 11.1 Å². The minimum absolute atomic E-state index is 0. The van der Waals surface area contributed by atoms with Gasteiger partial charge >= 0.3 is 0 Å². The van der Waals surface area contributed by atoms with Crippen molar-refractivity contribution >= 4 is 24.1 Å². The normalized spacial score (nSPS) is 15.1. The molecule has 0 radical (unpaired) electrons. The van der Waals surface area contributed by atoms with E-state index in [0.29, 0.717) is 18.2 Å². The van der Waals surface area contributed by atoms with Crippen molar-refractivity contribution in [3.8, 4) is 0 Å². The molecule has 1 rings (SSSR count). The second-order valence-corrected chi connectivity index (χ2v) is 5.52. The number of carbonyl (C=O) groups excluding carboxylic acids is 1. The van der Waals surface area contributed by atoms with E-state index in [1.54, 1.807) is 6.92 Å². The van der Waals surface area contributed by atoms with E-state index in [4.69, 9.17) is 5.73 Å². The molecule has 0 saturated carbocycles. The van der Waals surface area contributed by atoms with Crippen LogP contribution < -0.4 is 11.1 Å². The van der Waals surface area contributed by atoms with Gasteiger partial charge in [-0.1, -0.05) is 33.6 Å². The van der Waals surface area contributed by atoms with Gasteiger partial charge in [0.15, 0.2) is 5.82 Å². The molecule has 20 heavy (non-hydrogen) atoms. The first-order chi connectivity index (χ1) is 8.90. The van der Waals surface area contributed by atoms with Crippen LogP contribution in [0.25, 0.3) is 0 Å². The molecule has 0 fully saturated rings. The largest absolute Gasteiger partial charge is 0.318 e. The first-order valence-corrected chi connectivity index (χ1v) is 7.06. The third-order valence-corrected chi connectivity index (χ3v) is 3.38. The smallest absolute Gasteiger partial charge is 0.245 e. The van der Waals surface area contributed by atoms with Crippen molar-refractivity contribution in [3.05, 3.63) is 11.8 Å². The zero-order valence-electron chi connectivity index (χ0n) is 12.8. The van der Waals surface area contributed by atoms with E-state index in [1.165, 1.54) is 0 Å². The van der Waals surface area contributed by atoms with Gasteiger partial charge in [-0.25, -0.2) is 0 Å². The van der Waals surface area contributed by atoms with E-state index in [-0.39, 0.29) is 18.3 Å². The Balaban J connectivity index is 0.00000361. The number of hydrogen-bond acceptors (Lipinski definition) is 3. The number of nitrogens with zero attached hydrogens (tertiary/aromatic N) is 1. The number of aromatic nitrogens is 2. The van der Waals surface area contributed by atoms with Crippen LogP contribution in [0.1, 0.15) is 65.0 Å². The van der Waals surface area contributed by atoms with E-state index < -0.39 is 5.54 Å². The summed E-state index contributed by atoms with van der Waals surface area (Å²) < 4.78 is 0. The van der Waals surface area contributed by atoms with Crippen LogP contribution in [0.2, 0.25) is 0 Å². The second-order valence-electron chi connectivity index (χ2n) is 5.52. The minimum Gasteiger partial charge on any atom is -0.318 e. The Hall–Kier alpha value is -1.07. The Bertz CT molecular complexity index is 417. The minimum atomic E-state index is -0.844. The van der Waals surface area contributed by atoms with Gasteiger partial charge in [-0.2, -0.15) is 5.10 Å². The maximum Gasteiger partial charge on any atom is 0.245 e. The van der Waals surface area contributed by atoms with Crippen LogP contribution in [0.5, 0.6) is 0 Å². The lowest BCUT2D eigenvalue weighted by Gasteiger charge is -2.21. The van der Waals surface area contributed by atoms with Gasteiger partial charge in [0.05, 0.1) is 5.54 Å². The summed E-state index contributed by atoms with van der Waals surface area (Å²) in [5, 5.41) is 9.87. The predicted octanol–water partition coefficient (Wildman–Crippen LogP) is 3.19. The van der Waals surface area contributed by atoms with Crippen LogP contribution in [0, 0.1) is 0 Å². The molecule has 2 atom stereocenters. The highest BCUT2D eigenvalue weighted by molar-refractivity contribution is 5.96. The van der Waals surface area contributed by atoms with Gasteiger partial charge in [0.1, 0.15) is 0 Å². The zero-order chi connectivity index (χ0) is 14.5. The number of carbonyl (C=O) groups is 1. The third kappa shape index (κ3) is 5.13. The summed E-state index contributed by atoms with van der Waals surface area (Å²) in [6, 6.07) is 1.89. The second kappa shape index (κ2) is 8.27. The lowest BCUT2D eigenvalue weighted by Crippen LogP contribution is -2.48. The topological polar surface area (TPSA) is 83.8 Å². The molecule has 0 saturated heterocycles. The molecule has 1 aromatic heterocycles. The molecule has 5 nitrogen and oxygen atoms in total. The number of anilines is 1. The maximum absolute atomic E-state index is 12.0. The standard InChI is InChI=1S/C14H26N4O.ClH/c1-5-7-10(3)11-9-12(18-17-11)16-13(19)14(4,15)8-6-2;/h9-10H,5-8,15H2,1-4H3,(H2,16,17,18,19);1H. The van der Waals surface area contributed by atoms with Gasteiger partial charge in [0.25, 0.3) is 0 Å². The van der Waals surface area contributed by atoms with Crippen molar-refractivity contribution in [2.45, 2.75) is 64.8 Å². The van der Waals surface area contributed by atoms with Crippen LogP contribution in [-0.4, -0.2) is 21.6 Å². The van der Waals surface area contributed by atoms with Crippen molar-refractivity contribution in [1.82, 2.24) is 10.2 Å². The number of hydrogen-bond donors (Lipinski definition) is 3. The van der Waals surface area contributed by atoms with E-state index in [2.05, 4.69) is 29.4 Å². The Morgan fingerprint density at radius 1 is 1.50 bits per heavy atom. The zero-order valence-corrected chi connectivity index (χ0v) is 13.6. The Kier molecular flexibility index (Phi) is 7.83. The lowest BCUT2D eigenvalue weighted by atomic mass is 9.96. The first kappa shape index (κ1) is 18.9. The summed E-state index contributed by atoms with van der Waals surface area (Å²) in [5.41, 5.74) is 6.19. The fourth-order valence-electron chi connectivity index (χ4n) is 2.13. The van der Waals surface area contributed by atoms with Crippen molar-refractivity contribution in [1.29, 1.82) is 0 Å². The van der Waals surface area contributed by atoms with Gasteiger partial charge in [-0.05, 0) is 25.7 Å². The van der Waals surface area contributed by atoms with Crippen molar-refractivity contribution in [2.75, 3.05) is 5.32 Å². The Morgan fingerprint density at radius 3 is 2.70 bits per heavy atom. The lowest BCUT2D eigenvalue weighted by molar-refractivity contribution is -0.120. The average molecular weight is 303 g/mol. The molecule has 0 bridgehead atoms. The summed E-state index contributed by atoms with van der Waals surface area (Å²) in [5.74, 6) is 0.786. The fraction of sp³-hybridized carbons (Fsp3) is 0.714. The number of aromatic amines is 1. The highest BCUT2D eigenvalue weighted by atomic mass is 35.5. The molecule has 0 aliphatic heterocycles. The first-order valence-electron chi connectivity index (χ1n) is 7.06. The van der Waals surface area contributed by atoms with Crippen LogP contribution in [-0.2, 0) is 4.79 Å². The summed E-state index contributed by atoms with van der Waals surface area (Å²) in [6.45, 7) is 8.06. The molecule has 1 amide bonds. The van der Waals surface area contributed by atoms with Crippen LogP contribution in [0.15, 0.2) is 6.07 Å². The average Bonchev–Trinajstić information content (AvgIpc) is 2.77. The SMILES string of the molecule is CCCC(C)c1cc(NC(=O)C(C)(N)CCC)n[nH]1.Cl. The monoisotopic (exact) mass is 302 g/mol. The molecule has 1 aromatic rings. The summed E-state index contributed by atoms with van der Waals surface area (Å²) in [6.07, 6.45) is 3.75. The van der Waals surface area contributed by atoms with Gasteiger partial charge in [0.2, 0.25) is 5.91 Å². The molecule has 0 aliphatic carbocycles. The summed E-state index contributed by atoms with van der Waals surface area (Å²) in [4.78, 5) is 12.0. The van der Waals surface area contributed by atoms with Crippen LogP contribution in [0.4, 0.5) is 5.82 Å². The van der Waals surface area contributed by atoms with Crippen LogP contribution >= 0.6 is 12.4 Å². The van der Waals surface area contributed by atoms with Crippen molar-refractivity contribution < 1.29 is 4.79 Å². The third-order valence-electron chi connectivity index (χ3n) is 3.38. The number of nitrogens with one attached hydrogen (secondary N) is 2. The van der Waals surface area contributed by atoms with Crippen molar-refractivity contribution in [3.63, 3.8) is 0 Å². The fourth-order valence-corrected chi connectivity index (χ4v) is 2.13. The molecule has 4 N–H and O–H groups in total. The molecule has 2 unspecified atom stereocenters. The molecule has 0 aliphatic rings. The highest BCUT2D eigenvalue weighted by Crippen LogP contribution is 2.21. The molecule has 116 valence electrons. The Morgan fingerprint density at radius 2 is 2.15 bits per heavy atom. The number of rotatable bonds is 7. The maximum atomic E-state index is 12.0.